The van der Waals surface area contributed by atoms with Crippen LogP contribution in [0.3, 0.4) is 0 Å². The van der Waals surface area contributed by atoms with E-state index in [0.29, 0.717) is 6.10 Å². The van der Waals surface area contributed by atoms with Gasteiger partial charge in [0.1, 0.15) is 11.9 Å². The summed E-state index contributed by atoms with van der Waals surface area (Å²) < 4.78 is 14.1. The van der Waals surface area contributed by atoms with Gasteiger partial charge in [0.15, 0.2) is 0 Å². The van der Waals surface area contributed by atoms with E-state index in [0.717, 1.165) is 81.8 Å². The Kier molecular flexibility index (Phi) is 6.34. The molecule has 1 atom stereocenters. The summed E-state index contributed by atoms with van der Waals surface area (Å²) in [5.41, 5.74) is 3.86. The number of imidazole rings is 1. The van der Waals surface area contributed by atoms with Gasteiger partial charge in [-0.1, -0.05) is 30.3 Å². The number of pyridine rings is 1. The van der Waals surface area contributed by atoms with E-state index in [9.17, 15) is 0 Å². The predicted molar refractivity (Wildman–Crippen MR) is 131 cm³/mol. The van der Waals surface area contributed by atoms with Gasteiger partial charge in [-0.2, -0.15) is 0 Å². The van der Waals surface area contributed by atoms with Gasteiger partial charge in [0.2, 0.25) is 5.88 Å². The molecule has 1 aliphatic carbocycles. The Morgan fingerprint density at radius 1 is 0.971 bits per heavy atom. The fourth-order valence-corrected chi connectivity index (χ4v) is 5.02. The Hall–Kier alpha value is -2.70. The number of hydrogen-bond acceptors (Lipinski definition) is 5. The van der Waals surface area contributed by atoms with E-state index >= 15 is 0 Å². The van der Waals surface area contributed by atoms with Crippen molar-refractivity contribution in [2.24, 2.45) is 0 Å². The van der Waals surface area contributed by atoms with Gasteiger partial charge in [-0.25, -0.2) is 9.97 Å². The van der Waals surface area contributed by atoms with E-state index in [2.05, 4.69) is 57.0 Å². The number of piperidine rings is 1. The zero-order valence-electron chi connectivity index (χ0n) is 19.8. The van der Waals surface area contributed by atoms with E-state index in [1.807, 2.05) is 12.3 Å². The van der Waals surface area contributed by atoms with Crippen LogP contribution >= 0.6 is 0 Å². The van der Waals surface area contributed by atoms with E-state index in [4.69, 9.17) is 14.5 Å². The summed E-state index contributed by atoms with van der Waals surface area (Å²) in [6, 6.07) is 15.2. The molecule has 6 rings (SSSR count). The number of ether oxygens (including phenoxy) is 2. The lowest BCUT2D eigenvalue weighted by atomic mass is 10.0. The molecule has 0 bridgehead atoms. The normalized spacial score (nSPS) is 21.4. The molecule has 3 fully saturated rings. The van der Waals surface area contributed by atoms with Crippen molar-refractivity contribution in [1.29, 1.82) is 0 Å². The minimum Gasteiger partial charge on any atom is -0.474 e. The molecule has 0 amide bonds. The summed E-state index contributed by atoms with van der Waals surface area (Å²) in [5, 5.41) is 0. The standard InChI is InChI=1S/C28H34N4O2/c1-2-24(18-21-4-6-22(7-5-21)23-8-9-23)30-28(3-1)34-25-10-14-31(15-11-25)20-27-29-13-16-32(27)19-26-12-17-33-26/h1-7,13,16,23,25-26H,8-12,14-15,17-20H2/t26-/m0/s1. The molecule has 3 aliphatic rings. The smallest absolute Gasteiger partial charge is 0.213 e. The van der Waals surface area contributed by atoms with Crippen molar-refractivity contribution in [1.82, 2.24) is 19.4 Å². The topological polar surface area (TPSA) is 52.4 Å². The molecule has 2 saturated heterocycles. The number of likely N-dealkylation sites (tertiary alicyclic amines) is 1. The maximum atomic E-state index is 6.30. The van der Waals surface area contributed by atoms with Crippen molar-refractivity contribution >= 4 is 0 Å². The van der Waals surface area contributed by atoms with Crippen molar-refractivity contribution in [2.75, 3.05) is 19.7 Å². The molecule has 6 nitrogen and oxygen atoms in total. The first kappa shape index (κ1) is 21.8. The first-order valence-electron chi connectivity index (χ1n) is 12.8. The molecule has 34 heavy (non-hydrogen) atoms. The van der Waals surface area contributed by atoms with Crippen LogP contribution in [0.2, 0.25) is 0 Å². The SMILES string of the molecule is c1cc(Cc2ccc(C3CC3)cc2)nc(OC2CCN(Cc3nccn3C[C@@H]3CCO3)CC2)c1. The summed E-state index contributed by atoms with van der Waals surface area (Å²) in [6.07, 6.45) is 11.3. The van der Waals surface area contributed by atoms with Gasteiger partial charge in [0, 0.05) is 50.3 Å². The lowest BCUT2D eigenvalue weighted by Gasteiger charge is -2.32. The minimum atomic E-state index is 0.222. The van der Waals surface area contributed by atoms with Crippen LogP contribution in [0.1, 0.15) is 60.7 Å². The Labute approximate surface area is 201 Å². The van der Waals surface area contributed by atoms with E-state index in [-0.39, 0.29) is 6.10 Å². The van der Waals surface area contributed by atoms with Crippen LogP contribution in [-0.4, -0.2) is 51.3 Å². The highest BCUT2D eigenvalue weighted by Gasteiger charge is 2.24. The van der Waals surface area contributed by atoms with Crippen LogP contribution in [0, 0.1) is 0 Å². The third-order valence-electron chi connectivity index (χ3n) is 7.38. The maximum Gasteiger partial charge on any atom is 0.213 e. The predicted octanol–water partition coefficient (Wildman–Crippen LogP) is 4.58. The van der Waals surface area contributed by atoms with Gasteiger partial charge in [0.05, 0.1) is 19.2 Å². The number of benzene rings is 1. The molecule has 0 spiro atoms. The molecule has 1 saturated carbocycles. The first-order valence-corrected chi connectivity index (χ1v) is 12.8. The molecule has 0 radical (unpaired) electrons. The molecule has 6 heteroatoms. The molecule has 0 N–H and O–H groups in total. The Bertz CT molecular complexity index is 1080. The van der Waals surface area contributed by atoms with E-state index in [1.165, 1.54) is 24.0 Å². The maximum absolute atomic E-state index is 6.30. The summed E-state index contributed by atoms with van der Waals surface area (Å²) in [4.78, 5) is 11.9. The van der Waals surface area contributed by atoms with Crippen LogP contribution in [0.4, 0.5) is 0 Å². The number of rotatable bonds is 9. The van der Waals surface area contributed by atoms with E-state index < -0.39 is 0 Å². The fraction of sp³-hybridized carbons (Fsp3) is 0.500. The average Bonchev–Trinajstić information content (AvgIpc) is 3.59. The second-order valence-electron chi connectivity index (χ2n) is 10.0. The lowest BCUT2D eigenvalue weighted by molar-refractivity contribution is -0.0598. The van der Waals surface area contributed by atoms with Crippen LogP contribution in [0.15, 0.2) is 54.9 Å². The molecule has 178 valence electrons. The minimum absolute atomic E-state index is 0.222. The second kappa shape index (κ2) is 9.88. The molecule has 3 aromatic rings. The van der Waals surface area contributed by atoms with Crippen molar-refractivity contribution in [3.63, 3.8) is 0 Å². The van der Waals surface area contributed by atoms with Crippen LogP contribution in [-0.2, 0) is 24.2 Å². The van der Waals surface area contributed by atoms with Crippen LogP contribution in [0.25, 0.3) is 0 Å². The Balaban J connectivity index is 0.991. The van der Waals surface area contributed by atoms with Gasteiger partial charge >= 0.3 is 0 Å². The van der Waals surface area contributed by atoms with Crippen molar-refractivity contribution in [2.45, 2.75) is 69.7 Å². The lowest BCUT2D eigenvalue weighted by Crippen LogP contribution is -2.39. The number of hydrogen-bond donors (Lipinski definition) is 0. The third-order valence-corrected chi connectivity index (χ3v) is 7.38. The molecular formula is C28H34N4O2. The summed E-state index contributed by atoms with van der Waals surface area (Å²) >= 11 is 0. The van der Waals surface area contributed by atoms with Crippen LogP contribution < -0.4 is 4.74 Å². The molecule has 2 aliphatic heterocycles. The number of nitrogens with zero attached hydrogens (tertiary/aromatic N) is 4. The van der Waals surface area contributed by atoms with Crippen molar-refractivity contribution in [3.05, 3.63) is 77.5 Å². The summed E-state index contributed by atoms with van der Waals surface area (Å²) in [7, 11) is 0. The zero-order valence-corrected chi connectivity index (χ0v) is 19.8. The van der Waals surface area contributed by atoms with Crippen molar-refractivity contribution in [3.8, 4) is 5.88 Å². The second-order valence-corrected chi connectivity index (χ2v) is 10.0. The van der Waals surface area contributed by atoms with Gasteiger partial charge in [-0.3, -0.25) is 4.90 Å². The van der Waals surface area contributed by atoms with Gasteiger partial charge in [-0.05, 0) is 55.2 Å². The van der Waals surface area contributed by atoms with Gasteiger partial charge in [0.25, 0.3) is 0 Å². The quantitative estimate of drug-likeness (QED) is 0.470. The Morgan fingerprint density at radius 2 is 1.79 bits per heavy atom. The van der Waals surface area contributed by atoms with Crippen LogP contribution in [0.5, 0.6) is 5.88 Å². The molecule has 4 heterocycles. The van der Waals surface area contributed by atoms with Gasteiger partial charge < -0.3 is 14.0 Å². The summed E-state index contributed by atoms with van der Waals surface area (Å²) in [5.74, 6) is 2.69. The highest BCUT2D eigenvalue weighted by atomic mass is 16.5. The molecule has 1 aromatic carbocycles. The monoisotopic (exact) mass is 458 g/mol. The average molecular weight is 459 g/mol. The fourth-order valence-electron chi connectivity index (χ4n) is 5.02. The molecular weight excluding hydrogens is 424 g/mol. The first-order chi connectivity index (χ1) is 16.8. The molecule has 2 aromatic heterocycles. The third kappa shape index (κ3) is 5.34. The highest BCUT2D eigenvalue weighted by molar-refractivity contribution is 5.31. The zero-order chi connectivity index (χ0) is 22.7. The summed E-state index contributed by atoms with van der Waals surface area (Å²) in [6.45, 7) is 4.74. The Morgan fingerprint density at radius 3 is 2.53 bits per heavy atom. The highest BCUT2D eigenvalue weighted by Crippen LogP contribution is 2.40. The molecule has 0 unspecified atom stereocenters. The van der Waals surface area contributed by atoms with E-state index in [1.54, 1.807) is 0 Å². The van der Waals surface area contributed by atoms with Crippen molar-refractivity contribution < 1.29 is 9.47 Å². The largest absolute Gasteiger partial charge is 0.474 e. The van der Waals surface area contributed by atoms with Gasteiger partial charge in [-0.15, -0.1) is 0 Å². The number of aromatic nitrogens is 3.